The van der Waals surface area contributed by atoms with Gasteiger partial charge in [-0.15, -0.1) is 0 Å². The summed E-state index contributed by atoms with van der Waals surface area (Å²) in [5.74, 6) is -0.488. The standard InChI is InChI=1S/C16H28O2/c1-14(17)15(18)10-6-4-3-5-7-11-16(2)12-8-9-13-16/h3-13H2,1-2H3. The molecular formula is C16H28O2. The lowest BCUT2D eigenvalue weighted by Crippen LogP contribution is -2.10. The number of Topliss-reactive ketones (excluding diaryl/α,β-unsaturated/α-hetero) is 2. The minimum Gasteiger partial charge on any atom is -0.291 e. The number of unbranched alkanes of at least 4 members (excludes halogenated alkanes) is 4. The zero-order valence-electron chi connectivity index (χ0n) is 12.1. The van der Waals surface area contributed by atoms with Gasteiger partial charge in [0.2, 0.25) is 0 Å². The van der Waals surface area contributed by atoms with Crippen LogP contribution in [0.3, 0.4) is 0 Å². The molecular weight excluding hydrogens is 224 g/mol. The van der Waals surface area contributed by atoms with E-state index >= 15 is 0 Å². The number of carbonyl (C=O) groups excluding carboxylic acids is 2. The number of hydrogen-bond donors (Lipinski definition) is 0. The molecule has 0 unspecified atom stereocenters. The van der Waals surface area contributed by atoms with Gasteiger partial charge in [-0.25, -0.2) is 0 Å². The molecule has 1 aliphatic carbocycles. The molecule has 1 rings (SSSR count). The molecule has 0 aromatic carbocycles. The summed E-state index contributed by atoms with van der Waals surface area (Å²) in [6, 6.07) is 0. The summed E-state index contributed by atoms with van der Waals surface area (Å²) in [7, 11) is 0. The minimum absolute atomic E-state index is 0.200. The van der Waals surface area contributed by atoms with Gasteiger partial charge in [-0.1, -0.05) is 45.4 Å². The average Bonchev–Trinajstić information content (AvgIpc) is 2.74. The lowest BCUT2D eigenvalue weighted by atomic mass is 9.83. The second kappa shape index (κ2) is 7.70. The molecule has 2 heteroatoms. The van der Waals surface area contributed by atoms with E-state index in [1.54, 1.807) is 0 Å². The summed E-state index contributed by atoms with van der Waals surface area (Å²) in [5, 5.41) is 0. The van der Waals surface area contributed by atoms with Crippen molar-refractivity contribution >= 4 is 11.6 Å². The fourth-order valence-electron chi connectivity index (χ4n) is 3.02. The van der Waals surface area contributed by atoms with Crippen LogP contribution in [0.5, 0.6) is 0 Å². The Morgan fingerprint density at radius 1 is 0.944 bits per heavy atom. The third kappa shape index (κ3) is 5.79. The molecule has 2 nitrogen and oxygen atoms in total. The molecule has 0 aromatic rings. The predicted octanol–water partition coefficient (Wildman–Crippen LogP) is 4.46. The van der Waals surface area contributed by atoms with Crippen LogP contribution >= 0.6 is 0 Å². The molecule has 18 heavy (non-hydrogen) atoms. The summed E-state index contributed by atoms with van der Waals surface area (Å²) in [6.07, 6.45) is 13.3. The highest BCUT2D eigenvalue weighted by atomic mass is 16.2. The van der Waals surface area contributed by atoms with Crippen LogP contribution in [0.15, 0.2) is 0 Å². The van der Waals surface area contributed by atoms with E-state index in [-0.39, 0.29) is 11.6 Å². The van der Waals surface area contributed by atoms with Crippen LogP contribution in [0.2, 0.25) is 0 Å². The van der Waals surface area contributed by atoms with Crippen molar-refractivity contribution in [1.82, 2.24) is 0 Å². The number of ketones is 2. The van der Waals surface area contributed by atoms with E-state index in [1.807, 2.05) is 0 Å². The zero-order chi connectivity index (χ0) is 13.4. The van der Waals surface area contributed by atoms with Gasteiger partial charge in [-0.2, -0.15) is 0 Å². The smallest absolute Gasteiger partial charge is 0.198 e. The normalized spacial score (nSPS) is 17.9. The van der Waals surface area contributed by atoms with Crippen molar-refractivity contribution in [2.75, 3.05) is 0 Å². The molecule has 1 aliphatic rings. The van der Waals surface area contributed by atoms with Gasteiger partial charge in [-0.3, -0.25) is 9.59 Å². The van der Waals surface area contributed by atoms with Crippen LogP contribution in [0.25, 0.3) is 0 Å². The van der Waals surface area contributed by atoms with E-state index in [9.17, 15) is 9.59 Å². The number of carbonyl (C=O) groups is 2. The Kier molecular flexibility index (Phi) is 6.59. The fraction of sp³-hybridized carbons (Fsp3) is 0.875. The first-order valence-corrected chi connectivity index (χ1v) is 7.57. The maximum Gasteiger partial charge on any atom is 0.198 e. The third-order valence-electron chi connectivity index (χ3n) is 4.39. The zero-order valence-corrected chi connectivity index (χ0v) is 12.1. The summed E-state index contributed by atoms with van der Waals surface area (Å²) < 4.78 is 0. The topological polar surface area (TPSA) is 34.1 Å². The van der Waals surface area contributed by atoms with Crippen molar-refractivity contribution in [3.8, 4) is 0 Å². The highest BCUT2D eigenvalue weighted by Crippen LogP contribution is 2.41. The number of hydrogen-bond acceptors (Lipinski definition) is 2. The summed E-state index contributed by atoms with van der Waals surface area (Å²) in [5.41, 5.74) is 0.630. The Hall–Kier alpha value is -0.660. The van der Waals surface area contributed by atoms with Crippen molar-refractivity contribution in [1.29, 1.82) is 0 Å². The molecule has 0 heterocycles. The molecule has 0 radical (unpaired) electrons. The molecule has 1 saturated carbocycles. The van der Waals surface area contributed by atoms with Gasteiger partial charge in [0.1, 0.15) is 0 Å². The Morgan fingerprint density at radius 2 is 1.50 bits per heavy atom. The summed E-state index contributed by atoms with van der Waals surface area (Å²) >= 11 is 0. The molecule has 0 saturated heterocycles. The highest BCUT2D eigenvalue weighted by molar-refractivity contribution is 6.36. The second-order valence-corrected chi connectivity index (χ2v) is 6.26. The SMILES string of the molecule is CC(=O)C(=O)CCCCCCCC1(C)CCCC1. The predicted molar refractivity (Wildman–Crippen MR) is 74.6 cm³/mol. The Balaban J connectivity index is 1.93. The molecule has 0 aliphatic heterocycles. The van der Waals surface area contributed by atoms with Crippen LogP contribution in [-0.2, 0) is 9.59 Å². The van der Waals surface area contributed by atoms with E-state index in [0.717, 1.165) is 12.8 Å². The Bertz CT molecular complexity index is 275. The first-order chi connectivity index (χ1) is 8.53. The van der Waals surface area contributed by atoms with Crippen LogP contribution in [0, 0.1) is 5.41 Å². The van der Waals surface area contributed by atoms with Gasteiger partial charge in [-0.05, 0) is 31.1 Å². The van der Waals surface area contributed by atoms with Crippen LogP contribution in [0.1, 0.15) is 84.5 Å². The summed E-state index contributed by atoms with van der Waals surface area (Å²) in [4.78, 5) is 21.8. The van der Waals surface area contributed by atoms with Crippen molar-refractivity contribution in [2.45, 2.75) is 84.5 Å². The Morgan fingerprint density at radius 3 is 2.11 bits per heavy atom. The van der Waals surface area contributed by atoms with E-state index in [1.165, 1.54) is 58.3 Å². The van der Waals surface area contributed by atoms with Crippen molar-refractivity contribution in [3.05, 3.63) is 0 Å². The molecule has 0 bridgehead atoms. The van der Waals surface area contributed by atoms with E-state index in [0.29, 0.717) is 11.8 Å². The molecule has 0 amide bonds. The molecule has 1 fully saturated rings. The van der Waals surface area contributed by atoms with Gasteiger partial charge < -0.3 is 0 Å². The van der Waals surface area contributed by atoms with E-state index in [2.05, 4.69) is 6.92 Å². The molecule has 0 atom stereocenters. The lowest BCUT2D eigenvalue weighted by molar-refractivity contribution is -0.135. The van der Waals surface area contributed by atoms with Gasteiger partial charge in [0.15, 0.2) is 11.6 Å². The molecule has 0 spiro atoms. The van der Waals surface area contributed by atoms with Crippen LogP contribution < -0.4 is 0 Å². The van der Waals surface area contributed by atoms with Crippen LogP contribution in [-0.4, -0.2) is 11.6 Å². The van der Waals surface area contributed by atoms with Gasteiger partial charge in [0.05, 0.1) is 0 Å². The quantitative estimate of drug-likeness (QED) is 0.448. The third-order valence-corrected chi connectivity index (χ3v) is 4.39. The lowest BCUT2D eigenvalue weighted by Gasteiger charge is -2.23. The molecule has 0 aromatic heterocycles. The fourth-order valence-corrected chi connectivity index (χ4v) is 3.02. The van der Waals surface area contributed by atoms with E-state index in [4.69, 9.17) is 0 Å². The van der Waals surface area contributed by atoms with Gasteiger partial charge in [0.25, 0.3) is 0 Å². The first kappa shape index (κ1) is 15.4. The molecule has 0 N–H and O–H groups in total. The maximum atomic E-state index is 11.1. The maximum absolute atomic E-state index is 11.1. The minimum atomic E-state index is -0.288. The highest BCUT2D eigenvalue weighted by Gasteiger charge is 2.27. The number of rotatable bonds is 9. The first-order valence-electron chi connectivity index (χ1n) is 7.57. The van der Waals surface area contributed by atoms with Crippen LogP contribution in [0.4, 0.5) is 0 Å². The van der Waals surface area contributed by atoms with Gasteiger partial charge in [0, 0.05) is 13.3 Å². The molecule has 104 valence electrons. The Labute approximate surface area is 112 Å². The van der Waals surface area contributed by atoms with Crippen molar-refractivity contribution in [2.24, 2.45) is 5.41 Å². The monoisotopic (exact) mass is 252 g/mol. The van der Waals surface area contributed by atoms with Crippen molar-refractivity contribution in [3.63, 3.8) is 0 Å². The van der Waals surface area contributed by atoms with Gasteiger partial charge >= 0.3 is 0 Å². The average molecular weight is 252 g/mol. The second-order valence-electron chi connectivity index (χ2n) is 6.26. The summed E-state index contributed by atoms with van der Waals surface area (Å²) in [6.45, 7) is 3.80. The van der Waals surface area contributed by atoms with Crippen molar-refractivity contribution < 1.29 is 9.59 Å². The largest absolute Gasteiger partial charge is 0.291 e. The van der Waals surface area contributed by atoms with E-state index < -0.39 is 0 Å².